The van der Waals surface area contributed by atoms with Crippen LogP contribution in [0.5, 0.6) is 17.2 Å². The molecule has 0 saturated heterocycles. The van der Waals surface area contributed by atoms with Crippen molar-refractivity contribution in [2.24, 2.45) is 0 Å². The summed E-state index contributed by atoms with van der Waals surface area (Å²) in [6.45, 7) is 3.91. The number of ether oxygens (including phenoxy) is 1. The van der Waals surface area contributed by atoms with E-state index in [4.69, 9.17) is 9.62 Å². The second kappa shape index (κ2) is 8.13. The third-order valence-electron chi connectivity index (χ3n) is 3.19. The number of amides is 1. The highest BCUT2D eigenvalue weighted by atomic mass is 19.1. The smallest absolute Gasteiger partial charge is 0.352 e. The van der Waals surface area contributed by atoms with Crippen molar-refractivity contribution in [2.75, 3.05) is 5.32 Å². The lowest BCUT2D eigenvalue weighted by atomic mass is 10.2. The van der Waals surface area contributed by atoms with E-state index >= 15 is 0 Å². The predicted molar refractivity (Wildman–Crippen MR) is 91.0 cm³/mol. The number of anilines is 1. The molecule has 0 spiro atoms. The average Bonchev–Trinajstić information content (AvgIpc) is 2.57. The van der Waals surface area contributed by atoms with Crippen LogP contribution in [0, 0.1) is 22.9 Å². The van der Waals surface area contributed by atoms with E-state index in [9.17, 15) is 24.1 Å². The van der Waals surface area contributed by atoms with Gasteiger partial charge in [0.25, 0.3) is 0 Å². The van der Waals surface area contributed by atoms with Crippen LogP contribution >= 0.6 is 0 Å². The minimum Gasteiger partial charge on any atom is -0.446 e. The van der Waals surface area contributed by atoms with E-state index in [1.807, 2.05) is 0 Å². The van der Waals surface area contributed by atoms with Gasteiger partial charge in [0.2, 0.25) is 17.4 Å². The maximum Gasteiger partial charge on any atom is 0.352 e. The monoisotopic (exact) mass is 378 g/mol. The lowest BCUT2D eigenvalue weighted by molar-refractivity contribution is -0.385. The Balaban J connectivity index is 2.51. The summed E-state index contributed by atoms with van der Waals surface area (Å²) in [5, 5.41) is 13.5. The number of nitrogens with zero attached hydrogens (tertiary/aromatic N) is 1. The molecule has 27 heavy (non-hydrogen) atoms. The first-order valence-electron chi connectivity index (χ1n) is 7.57. The van der Waals surface area contributed by atoms with E-state index in [2.05, 4.69) is 10.2 Å². The first-order chi connectivity index (χ1) is 12.7. The van der Waals surface area contributed by atoms with Gasteiger partial charge >= 0.3 is 11.7 Å². The van der Waals surface area contributed by atoms with E-state index in [0.717, 1.165) is 19.9 Å². The van der Waals surface area contributed by atoms with Gasteiger partial charge in [-0.1, -0.05) is 12.1 Å². The van der Waals surface area contributed by atoms with Gasteiger partial charge in [-0.2, -0.15) is 0 Å². The Bertz CT molecular complexity index is 914. The molecule has 2 aromatic rings. The molecule has 0 aliphatic carbocycles. The number of carbonyl (C=O) groups is 2. The molecular weight excluding hydrogens is 363 g/mol. The fourth-order valence-electron chi connectivity index (χ4n) is 2.09. The Kier molecular flexibility index (Phi) is 5.91. The number of nitro benzene ring substituents is 1. The van der Waals surface area contributed by atoms with Crippen LogP contribution in [0.2, 0.25) is 0 Å². The molecule has 0 aliphatic heterocycles. The van der Waals surface area contributed by atoms with Crippen LogP contribution in [-0.4, -0.2) is 16.8 Å². The quantitative estimate of drug-likeness (QED) is 0.463. The van der Waals surface area contributed by atoms with Gasteiger partial charge < -0.3 is 10.1 Å². The lowest BCUT2D eigenvalue weighted by Crippen LogP contribution is -2.08. The minimum atomic E-state index is -0.995. The summed E-state index contributed by atoms with van der Waals surface area (Å²) in [7, 11) is 0. The molecule has 0 fully saturated rings. The number of nitro groups is 1. The topological polar surface area (TPSA) is 117 Å². The first kappa shape index (κ1) is 19.6. The summed E-state index contributed by atoms with van der Waals surface area (Å²) < 4.78 is 19.6. The second-order valence-electron chi connectivity index (χ2n) is 5.40. The summed E-state index contributed by atoms with van der Waals surface area (Å²) in [4.78, 5) is 41.9. The van der Waals surface area contributed by atoms with Crippen molar-refractivity contribution in [1.29, 1.82) is 0 Å². The number of aryl methyl sites for hydroxylation is 1. The number of rotatable bonds is 6. The molecule has 0 radical (unpaired) electrons. The lowest BCUT2D eigenvalue weighted by Gasteiger charge is -2.14. The largest absolute Gasteiger partial charge is 0.446 e. The Morgan fingerprint density at radius 1 is 1.19 bits per heavy atom. The van der Waals surface area contributed by atoms with Crippen LogP contribution in [0.25, 0.3) is 0 Å². The maximum absolute atomic E-state index is 14.0. The molecule has 0 aliphatic rings. The second-order valence-corrected chi connectivity index (χ2v) is 5.40. The van der Waals surface area contributed by atoms with E-state index in [1.54, 1.807) is 19.1 Å². The van der Waals surface area contributed by atoms with Gasteiger partial charge in [-0.25, -0.2) is 9.18 Å². The fraction of sp³-hybridized carbons (Fsp3) is 0.176. The van der Waals surface area contributed by atoms with Crippen molar-refractivity contribution in [2.45, 2.75) is 20.8 Å². The van der Waals surface area contributed by atoms with Gasteiger partial charge in [-0.15, -0.1) is 0 Å². The fourth-order valence-corrected chi connectivity index (χ4v) is 2.09. The van der Waals surface area contributed by atoms with Crippen LogP contribution in [0.4, 0.5) is 15.8 Å². The Morgan fingerprint density at radius 3 is 2.48 bits per heavy atom. The van der Waals surface area contributed by atoms with E-state index in [-0.39, 0.29) is 22.9 Å². The van der Waals surface area contributed by atoms with E-state index in [1.165, 1.54) is 6.07 Å². The molecule has 9 nitrogen and oxygen atoms in total. The zero-order chi connectivity index (χ0) is 20.1. The SMILES string of the molecule is CC(=O)Nc1cc(Oc2c(C)cccc2OOC(C)=O)c([N+](=O)[O-])cc1F. The van der Waals surface area contributed by atoms with Crippen molar-refractivity contribution in [3.8, 4) is 17.2 Å². The Hall–Kier alpha value is -3.69. The molecule has 142 valence electrons. The van der Waals surface area contributed by atoms with Gasteiger partial charge in [0.15, 0.2) is 11.6 Å². The molecule has 0 atom stereocenters. The molecule has 1 N–H and O–H groups in total. The summed E-state index contributed by atoms with van der Waals surface area (Å²) in [6, 6.07) is 6.24. The Labute approximate surface area is 152 Å². The third kappa shape index (κ3) is 4.91. The molecule has 0 unspecified atom stereocenters. The number of benzene rings is 2. The number of para-hydroxylation sites is 1. The van der Waals surface area contributed by atoms with Crippen molar-refractivity contribution in [3.05, 3.63) is 51.8 Å². The molecule has 0 heterocycles. The predicted octanol–water partition coefficient (Wildman–Crippen LogP) is 3.65. The third-order valence-corrected chi connectivity index (χ3v) is 3.19. The number of nitrogens with one attached hydrogen (secondary N) is 1. The highest BCUT2D eigenvalue weighted by molar-refractivity contribution is 5.89. The zero-order valence-corrected chi connectivity index (χ0v) is 14.6. The molecule has 2 rings (SSSR count). The van der Waals surface area contributed by atoms with Crippen LogP contribution in [0.15, 0.2) is 30.3 Å². The average molecular weight is 378 g/mol. The first-order valence-corrected chi connectivity index (χ1v) is 7.57. The number of carbonyl (C=O) groups excluding carboxylic acids is 2. The summed E-state index contributed by atoms with van der Waals surface area (Å²) >= 11 is 0. The zero-order valence-electron chi connectivity index (χ0n) is 14.6. The summed E-state index contributed by atoms with van der Waals surface area (Å²) in [5.74, 6) is -2.63. The van der Waals surface area contributed by atoms with Gasteiger partial charge in [-0.05, 0) is 18.6 Å². The molecule has 0 aromatic heterocycles. The van der Waals surface area contributed by atoms with Crippen LogP contribution < -0.4 is 14.9 Å². The highest BCUT2D eigenvalue weighted by Gasteiger charge is 2.23. The van der Waals surface area contributed by atoms with E-state index < -0.39 is 28.3 Å². The molecule has 2 aromatic carbocycles. The molecule has 0 saturated carbocycles. The Morgan fingerprint density at radius 2 is 1.89 bits per heavy atom. The summed E-state index contributed by atoms with van der Waals surface area (Å²) in [6.07, 6.45) is 0. The van der Waals surface area contributed by atoms with Crippen molar-refractivity contribution >= 4 is 23.3 Å². The van der Waals surface area contributed by atoms with Crippen molar-refractivity contribution < 1.29 is 33.4 Å². The minimum absolute atomic E-state index is 0.0160. The maximum atomic E-state index is 14.0. The molecule has 0 bridgehead atoms. The molecular formula is C17H15FN2O7. The van der Waals surface area contributed by atoms with Gasteiger partial charge in [-0.3, -0.25) is 24.7 Å². The van der Waals surface area contributed by atoms with Gasteiger partial charge in [0.1, 0.15) is 0 Å². The van der Waals surface area contributed by atoms with Gasteiger partial charge in [0.05, 0.1) is 16.7 Å². The molecule has 1 amide bonds. The van der Waals surface area contributed by atoms with Crippen LogP contribution in [0.1, 0.15) is 19.4 Å². The van der Waals surface area contributed by atoms with Crippen LogP contribution in [0.3, 0.4) is 0 Å². The highest BCUT2D eigenvalue weighted by Crippen LogP contribution is 2.40. The molecule has 10 heteroatoms. The van der Waals surface area contributed by atoms with Crippen LogP contribution in [-0.2, 0) is 14.5 Å². The number of hydrogen-bond acceptors (Lipinski definition) is 7. The normalized spacial score (nSPS) is 10.1. The van der Waals surface area contributed by atoms with Crippen molar-refractivity contribution in [1.82, 2.24) is 0 Å². The number of halogens is 1. The van der Waals surface area contributed by atoms with Gasteiger partial charge in [0, 0.05) is 19.9 Å². The standard InChI is InChI=1S/C17H15FN2O7/c1-9-5-4-6-15(27-26-11(3)22)17(9)25-16-8-13(19-10(2)21)12(18)7-14(16)20(23)24/h4-8H,1-3H3,(H,19,21). The number of hydrogen-bond donors (Lipinski definition) is 1. The van der Waals surface area contributed by atoms with E-state index in [0.29, 0.717) is 11.6 Å². The summed E-state index contributed by atoms with van der Waals surface area (Å²) in [5.41, 5.74) is -0.457. The van der Waals surface area contributed by atoms with Crippen molar-refractivity contribution in [3.63, 3.8) is 0 Å².